The summed E-state index contributed by atoms with van der Waals surface area (Å²) >= 11 is 0. The fourth-order valence-corrected chi connectivity index (χ4v) is 2.20. The van der Waals surface area contributed by atoms with Crippen LogP contribution in [0.1, 0.15) is 38.7 Å². The molecule has 1 aromatic rings. The second-order valence-electron chi connectivity index (χ2n) is 5.41. The minimum Gasteiger partial charge on any atom is -0.395 e. The smallest absolute Gasteiger partial charge is 0.0584 e. The van der Waals surface area contributed by atoms with Gasteiger partial charge >= 0.3 is 0 Å². The molecule has 2 N–H and O–H groups in total. The lowest BCUT2D eigenvalue weighted by Gasteiger charge is -2.18. The number of hydrogen-bond donors (Lipinski definition) is 2. The number of aryl methyl sites for hydroxylation is 1. The van der Waals surface area contributed by atoms with Gasteiger partial charge in [0.15, 0.2) is 0 Å². The van der Waals surface area contributed by atoms with Crippen molar-refractivity contribution in [1.82, 2.24) is 5.32 Å². The maximum Gasteiger partial charge on any atom is 0.0584 e. The number of nitrogens with one attached hydrogen (secondary N) is 1. The van der Waals surface area contributed by atoms with Gasteiger partial charge in [-0.3, -0.25) is 0 Å². The van der Waals surface area contributed by atoms with E-state index in [1.165, 1.54) is 18.4 Å². The Morgan fingerprint density at radius 2 is 1.83 bits per heavy atom. The van der Waals surface area contributed by atoms with Gasteiger partial charge in [-0.15, -0.1) is 0 Å². The van der Waals surface area contributed by atoms with Crippen LogP contribution in [0.3, 0.4) is 0 Å². The minimum absolute atomic E-state index is 0.247. The minimum atomic E-state index is 0.247. The fourth-order valence-electron chi connectivity index (χ4n) is 2.20. The highest BCUT2D eigenvalue weighted by Gasteiger charge is 2.07. The zero-order chi connectivity index (χ0) is 13.2. The van der Waals surface area contributed by atoms with E-state index in [0.29, 0.717) is 5.92 Å². The van der Waals surface area contributed by atoms with E-state index in [2.05, 4.69) is 49.5 Å². The van der Waals surface area contributed by atoms with E-state index in [1.807, 2.05) is 0 Å². The standard InChI is InChI=1S/C16H27NO/c1-14(2)12-16(13-18)17-11-7-6-10-15-8-4-3-5-9-15/h3-5,8-9,14,16-18H,6-7,10-13H2,1-2H3. The molecule has 2 nitrogen and oxygen atoms in total. The summed E-state index contributed by atoms with van der Waals surface area (Å²) in [4.78, 5) is 0. The van der Waals surface area contributed by atoms with Crippen molar-refractivity contribution >= 4 is 0 Å². The highest BCUT2D eigenvalue weighted by molar-refractivity contribution is 5.14. The molecule has 0 bridgehead atoms. The first-order valence-corrected chi connectivity index (χ1v) is 7.10. The van der Waals surface area contributed by atoms with E-state index >= 15 is 0 Å². The third kappa shape index (κ3) is 6.77. The molecule has 0 aliphatic heterocycles. The molecule has 2 heteroatoms. The normalized spacial score (nSPS) is 12.9. The van der Waals surface area contributed by atoms with Crippen molar-refractivity contribution in [2.75, 3.05) is 13.2 Å². The van der Waals surface area contributed by atoms with Crippen molar-refractivity contribution < 1.29 is 5.11 Å². The Labute approximate surface area is 111 Å². The fraction of sp³-hybridized carbons (Fsp3) is 0.625. The predicted octanol–water partition coefficient (Wildman–Crippen LogP) is 3.01. The second kappa shape index (κ2) is 9.12. The van der Waals surface area contributed by atoms with Gasteiger partial charge in [-0.25, -0.2) is 0 Å². The quantitative estimate of drug-likeness (QED) is 0.659. The van der Waals surface area contributed by atoms with E-state index in [9.17, 15) is 5.11 Å². The first kappa shape index (κ1) is 15.2. The number of unbranched alkanes of at least 4 members (excludes halogenated alkanes) is 1. The zero-order valence-electron chi connectivity index (χ0n) is 11.7. The number of benzene rings is 1. The van der Waals surface area contributed by atoms with E-state index in [0.717, 1.165) is 19.4 Å². The lowest BCUT2D eigenvalue weighted by molar-refractivity contribution is 0.224. The molecule has 102 valence electrons. The van der Waals surface area contributed by atoms with Crippen LogP contribution >= 0.6 is 0 Å². The molecule has 0 aliphatic rings. The van der Waals surface area contributed by atoms with E-state index < -0.39 is 0 Å². The Morgan fingerprint density at radius 1 is 1.11 bits per heavy atom. The number of hydrogen-bond acceptors (Lipinski definition) is 2. The van der Waals surface area contributed by atoms with Crippen LogP contribution < -0.4 is 5.32 Å². The molecule has 0 saturated carbocycles. The van der Waals surface area contributed by atoms with Gasteiger partial charge in [0.2, 0.25) is 0 Å². The van der Waals surface area contributed by atoms with Crippen molar-refractivity contribution in [3.8, 4) is 0 Å². The average Bonchev–Trinajstić information content (AvgIpc) is 2.37. The summed E-state index contributed by atoms with van der Waals surface area (Å²) in [5.74, 6) is 0.638. The summed E-state index contributed by atoms with van der Waals surface area (Å²) in [6.07, 6.45) is 4.58. The van der Waals surface area contributed by atoms with Crippen LogP contribution in [-0.4, -0.2) is 24.3 Å². The highest BCUT2D eigenvalue weighted by Crippen LogP contribution is 2.06. The van der Waals surface area contributed by atoms with Gasteiger partial charge < -0.3 is 10.4 Å². The van der Waals surface area contributed by atoms with Gasteiger partial charge in [-0.2, -0.15) is 0 Å². The van der Waals surface area contributed by atoms with Crippen LogP contribution in [0.4, 0.5) is 0 Å². The number of aliphatic hydroxyl groups is 1. The first-order chi connectivity index (χ1) is 8.72. The molecular formula is C16H27NO. The lowest BCUT2D eigenvalue weighted by atomic mass is 10.0. The summed E-state index contributed by atoms with van der Waals surface area (Å²) in [6, 6.07) is 10.9. The number of aliphatic hydroxyl groups excluding tert-OH is 1. The van der Waals surface area contributed by atoms with Crippen molar-refractivity contribution in [2.45, 2.75) is 45.6 Å². The van der Waals surface area contributed by atoms with Gasteiger partial charge in [0.1, 0.15) is 0 Å². The molecule has 0 spiro atoms. The third-order valence-electron chi connectivity index (χ3n) is 3.14. The van der Waals surface area contributed by atoms with Crippen LogP contribution in [-0.2, 0) is 6.42 Å². The van der Waals surface area contributed by atoms with Crippen molar-refractivity contribution in [3.05, 3.63) is 35.9 Å². The highest BCUT2D eigenvalue weighted by atomic mass is 16.3. The molecule has 18 heavy (non-hydrogen) atoms. The van der Waals surface area contributed by atoms with E-state index in [4.69, 9.17) is 0 Å². The first-order valence-electron chi connectivity index (χ1n) is 7.10. The van der Waals surface area contributed by atoms with Gasteiger partial charge in [0.25, 0.3) is 0 Å². The Hall–Kier alpha value is -0.860. The average molecular weight is 249 g/mol. The maximum absolute atomic E-state index is 9.25. The Morgan fingerprint density at radius 3 is 2.44 bits per heavy atom. The Bertz CT molecular complexity index is 297. The number of rotatable bonds is 9. The summed E-state index contributed by atoms with van der Waals surface area (Å²) in [5.41, 5.74) is 1.42. The summed E-state index contributed by atoms with van der Waals surface area (Å²) in [5, 5.41) is 12.7. The third-order valence-corrected chi connectivity index (χ3v) is 3.14. The molecule has 0 aromatic heterocycles. The summed E-state index contributed by atoms with van der Waals surface area (Å²) in [6.45, 7) is 5.64. The molecule has 1 unspecified atom stereocenters. The SMILES string of the molecule is CC(C)CC(CO)NCCCCc1ccccc1. The van der Waals surface area contributed by atoms with E-state index in [1.54, 1.807) is 0 Å². The van der Waals surface area contributed by atoms with Crippen LogP contribution in [0, 0.1) is 5.92 Å². The summed E-state index contributed by atoms with van der Waals surface area (Å²) in [7, 11) is 0. The van der Waals surface area contributed by atoms with Crippen molar-refractivity contribution in [1.29, 1.82) is 0 Å². The lowest BCUT2D eigenvalue weighted by Crippen LogP contribution is -2.34. The maximum atomic E-state index is 9.25. The van der Waals surface area contributed by atoms with Crippen LogP contribution in [0.15, 0.2) is 30.3 Å². The largest absolute Gasteiger partial charge is 0.395 e. The zero-order valence-corrected chi connectivity index (χ0v) is 11.7. The van der Waals surface area contributed by atoms with Gasteiger partial charge in [0, 0.05) is 6.04 Å². The van der Waals surface area contributed by atoms with E-state index in [-0.39, 0.29) is 12.6 Å². The molecule has 0 saturated heterocycles. The van der Waals surface area contributed by atoms with Crippen molar-refractivity contribution in [3.63, 3.8) is 0 Å². The van der Waals surface area contributed by atoms with Crippen LogP contribution in [0.2, 0.25) is 0 Å². The second-order valence-corrected chi connectivity index (χ2v) is 5.41. The monoisotopic (exact) mass is 249 g/mol. The molecule has 0 aliphatic carbocycles. The topological polar surface area (TPSA) is 32.3 Å². The molecule has 0 amide bonds. The van der Waals surface area contributed by atoms with Crippen LogP contribution in [0.25, 0.3) is 0 Å². The van der Waals surface area contributed by atoms with Crippen molar-refractivity contribution in [2.24, 2.45) is 5.92 Å². The molecule has 0 heterocycles. The van der Waals surface area contributed by atoms with Gasteiger partial charge in [-0.05, 0) is 43.7 Å². The predicted molar refractivity (Wildman–Crippen MR) is 77.7 cm³/mol. The summed E-state index contributed by atoms with van der Waals surface area (Å²) < 4.78 is 0. The molecular weight excluding hydrogens is 222 g/mol. The molecule has 0 radical (unpaired) electrons. The molecule has 1 aromatic carbocycles. The van der Waals surface area contributed by atoms with Gasteiger partial charge in [-0.1, -0.05) is 44.2 Å². The van der Waals surface area contributed by atoms with Gasteiger partial charge in [0.05, 0.1) is 6.61 Å². The Balaban J connectivity index is 2.07. The molecule has 0 fully saturated rings. The Kier molecular flexibility index (Phi) is 7.70. The molecule has 1 atom stereocenters. The molecule has 1 rings (SSSR count). The van der Waals surface area contributed by atoms with Crippen LogP contribution in [0.5, 0.6) is 0 Å².